The number of anilines is 1. The third kappa shape index (κ3) is 3.67. The molecule has 0 spiro atoms. The monoisotopic (exact) mass is 396 g/mol. The minimum absolute atomic E-state index is 0.00574. The highest BCUT2D eigenvalue weighted by atomic mass is 35.5. The fraction of sp³-hybridized carbons (Fsp3) is 0.318. The molecule has 1 heterocycles. The van der Waals surface area contributed by atoms with E-state index in [-0.39, 0.29) is 30.1 Å². The van der Waals surface area contributed by atoms with Crippen LogP contribution in [0, 0.1) is 12.8 Å². The third-order valence-electron chi connectivity index (χ3n) is 5.27. The van der Waals surface area contributed by atoms with Gasteiger partial charge in [0, 0.05) is 17.5 Å². The van der Waals surface area contributed by atoms with Gasteiger partial charge in [0.05, 0.1) is 12.1 Å². The predicted molar refractivity (Wildman–Crippen MR) is 107 cm³/mol. The molecule has 1 aliphatic heterocycles. The smallest absolute Gasteiger partial charge is 0.257 e. The summed E-state index contributed by atoms with van der Waals surface area (Å²) in [6.45, 7) is 2.33. The molecule has 0 radical (unpaired) electrons. The van der Waals surface area contributed by atoms with E-state index in [1.165, 1.54) is 4.90 Å². The Morgan fingerprint density at radius 1 is 1.07 bits per heavy atom. The summed E-state index contributed by atoms with van der Waals surface area (Å²) in [5.74, 6) is -0.717. The number of nitrogens with zero attached hydrogens (tertiary/aromatic N) is 2. The second-order valence-corrected chi connectivity index (χ2v) is 7.93. The molecule has 0 aromatic heterocycles. The maximum absolute atomic E-state index is 13.1. The molecule has 3 amide bonds. The van der Waals surface area contributed by atoms with E-state index in [9.17, 15) is 14.4 Å². The number of imide groups is 1. The summed E-state index contributed by atoms with van der Waals surface area (Å²) in [5, 5.41) is 0.532. The lowest BCUT2D eigenvalue weighted by Gasteiger charge is -2.28. The van der Waals surface area contributed by atoms with Crippen LogP contribution in [-0.2, 0) is 20.9 Å². The number of aryl methyl sites for hydroxylation is 1. The zero-order chi connectivity index (χ0) is 19.8. The Kier molecular flexibility index (Phi) is 4.94. The van der Waals surface area contributed by atoms with Gasteiger partial charge in [0.25, 0.3) is 5.91 Å². The van der Waals surface area contributed by atoms with Crippen LogP contribution in [0.15, 0.2) is 48.5 Å². The SMILES string of the molecule is Cc1ccc(CN(C(=O)C2CC2)C2CC(=O)N(c3ccc(Cl)cc3)C2=O)cc1. The van der Waals surface area contributed by atoms with Gasteiger partial charge >= 0.3 is 0 Å². The molecule has 1 saturated carbocycles. The predicted octanol–water partition coefficient (Wildman–Crippen LogP) is 3.72. The molecule has 28 heavy (non-hydrogen) atoms. The average Bonchev–Trinajstić information content (AvgIpc) is 3.48. The van der Waals surface area contributed by atoms with Gasteiger partial charge in [-0.15, -0.1) is 0 Å². The second kappa shape index (κ2) is 7.40. The maximum atomic E-state index is 13.1. The number of benzene rings is 2. The summed E-state index contributed by atoms with van der Waals surface area (Å²) in [6.07, 6.45) is 1.70. The van der Waals surface area contributed by atoms with E-state index >= 15 is 0 Å². The first-order valence-corrected chi connectivity index (χ1v) is 9.80. The van der Waals surface area contributed by atoms with Crippen molar-refractivity contribution in [1.29, 1.82) is 0 Å². The largest absolute Gasteiger partial charge is 0.326 e. The Balaban J connectivity index is 1.61. The van der Waals surface area contributed by atoms with Crippen LogP contribution in [0.25, 0.3) is 0 Å². The molecule has 1 aliphatic carbocycles. The summed E-state index contributed by atoms with van der Waals surface area (Å²) in [7, 11) is 0. The minimum Gasteiger partial charge on any atom is -0.326 e. The molecule has 1 saturated heterocycles. The second-order valence-electron chi connectivity index (χ2n) is 7.49. The van der Waals surface area contributed by atoms with Crippen molar-refractivity contribution in [2.75, 3.05) is 4.90 Å². The normalized spacial score (nSPS) is 19.2. The van der Waals surface area contributed by atoms with Gasteiger partial charge in [0.2, 0.25) is 11.8 Å². The Bertz CT molecular complexity index is 920. The number of carbonyl (C=O) groups is 3. The molecule has 144 valence electrons. The first-order valence-electron chi connectivity index (χ1n) is 9.42. The fourth-order valence-corrected chi connectivity index (χ4v) is 3.64. The number of amides is 3. The molecule has 0 N–H and O–H groups in total. The fourth-order valence-electron chi connectivity index (χ4n) is 3.52. The van der Waals surface area contributed by atoms with Crippen molar-refractivity contribution < 1.29 is 14.4 Å². The standard InChI is InChI=1S/C22H21ClN2O3/c1-14-2-4-15(5-3-14)13-24(21(27)16-6-7-16)19-12-20(26)25(22(19)28)18-10-8-17(23)9-11-18/h2-5,8-11,16,19H,6-7,12-13H2,1H3. The van der Waals surface area contributed by atoms with Crippen molar-refractivity contribution >= 4 is 35.0 Å². The first-order chi connectivity index (χ1) is 13.4. The summed E-state index contributed by atoms with van der Waals surface area (Å²) in [5.41, 5.74) is 2.56. The highest BCUT2D eigenvalue weighted by Gasteiger charge is 2.46. The molecule has 5 nitrogen and oxygen atoms in total. The molecular formula is C22H21ClN2O3. The maximum Gasteiger partial charge on any atom is 0.257 e. The molecule has 6 heteroatoms. The number of hydrogen-bond acceptors (Lipinski definition) is 3. The summed E-state index contributed by atoms with van der Waals surface area (Å²) < 4.78 is 0. The number of rotatable bonds is 5. The number of halogens is 1. The van der Waals surface area contributed by atoms with Gasteiger partial charge in [-0.05, 0) is 49.6 Å². The van der Waals surface area contributed by atoms with Gasteiger partial charge in [-0.2, -0.15) is 0 Å². The van der Waals surface area contributed by atoms with Crippen LogP contribution in [0.4, 0.5) is 5.69 Å². The van der Waals surface area contributed by atoms with Crippen LogP contribution in [0.2, 0.25) is 5.02 Å². The van der Waals surface area contributed by atoms with Gasteiger partial charge in [0.1, 0.15) is 6.04 Å². The van der Waals surface area contributed by atoms with Crippen LogP contribution in [0.1, 0.15) is 30.4 Å². The highest BCUT2D eigenvalue weighted by Crippen LogP contribution is 2.35. The first kappa shape index (κ1) is 18.7. The summed E-state index contributed by atoms with van der Waals surface area (Å²) in [6, 6.07) is 13.7. The van der Waals surface area contributed by atoms with Crippen molar-refractivity contribution in [3.63, 3.8) is 0 Å². The van der Waals surface area contributed by atoms with Crippen molar-refractivity contribution in [2.45, 2.75) is 38.8 Å². The molecule has 4 rings (SSSR count). The van der Waals surface area contributed by atoms with Crippen LogP contribution >= 0.6 is 11.6 Å². The van der Waals surface area contributed by atoms with Gasteiger partial charge in [-0.1, -0.05) is 41.4 Å². The lowest BCUT2D eigenvalue weighted by molar-refractivity contribution is -0.140. The molecule has 2 aromatic carbocycles. The van der Waals surface area contributed by atoms with E-state index in [0.29, 0.717) is 17.3 Å². The quantitative estimate of drug-likeness (QED) is 0.724. The van der Waals surface area contributed by atoms with E-state index in [1.807, 2.05) is 31.2 Å². The van der Waals surface area contributed by atoms with Crippen molar-refractivity contribution in [2.24, 2.45) is 5.92 Å². The van der Waals surface area contributed by atoms with E-state index in [4.69, 9.17) is 11.6 Å². The molecule has 2 aliphatic rings. The van der Waals surface area contributed by atoms with Crippen LogP contribution in [0.5, 0.6) is 0 Å². The minimum atomic E-state index is -0.766. The van der Waals surface area contributed by atoms with Gasteiger partial charge in [-0.25, -0.2) is 4.90 Å². The Morgan fingerprint density at radius 3 is 2.32 bits per heavy atom. The lowest BCUT2D eigenvalue weighted by Crippen LogP contribution is -2.45. The molecule has 2 aromatic rings. The Hall–Kier alpha value is -2.66. The average molecular weight is 397 g/mol. The molecular weight excluding hydrogens is 376 g/mol. The molecule has 1 unspecified atom stereocenters. The zero-order valence-electron chi connectivity index (χ0n) is 15.6. The van der Waals surface area contributed by atoms with Gasteiger partial charge in [-0.3, -0.25) is 14.4 Å². The summed E-state index contributed by atoms with van der Waals surface area (Å²) >= 11 is 5.91. The van der Waals surface area contributed by atoms with Crippen LogP contribution in [0.3, 0.4) is 0 Å². The van der Waals surface area contributed by atoms with E-state index in [2.05, 4.69) is 0 Å². The molecule has 0 bridgehead atoms. The molecule has 1 atom stereocenters. The van der Waals surface area contributed by atoms with E-state index < -0.39 is 6.04 Å². The van der Waals surface area contributed by atoms with Crippen molar-refractivity contribution in [3.8, 4) is 0 Å². The topological polar surface area (TPSA) is 57.7 Å². The number of carbonyl (C=O) groups excluding carboxylic acids is 3. The van der Waals surface area contributed by atoms with E-state index in [1.54, 1.807) is 29.2 Å². The lowest BCUT2D eigenvalue weighted by atomic mass is 10.1. The van der Waals surface area contributed by atoms with Crippen LogP contribution in [-0.4, -0.2) is 28.7 Å². The Morgan fingerprint density at radius 2 is 1.71 bits per heavy atom. The highest BCUT2D eigenvalue weighted by molar-refractivity contribution is 6.30. The number of hydrogen-bond donors (Lipinski definition) is 0. The molecule has 2 fully saturated rings. The van der Waals surface area contributed by atoms with Gasteiger partial charge < -0.3 is 4.90 Å². The third-order valence-corrected chi connectivity index (χ3v) is 5.52. The Labute approximate surface area is 168 Å². The summed E-state index contributed by atoms with van der Waals surface area (Å²) in [4.78, 5) is 41.4. The van der Waals surface area contributed by atoms with Crippen LogP contribution < -0.4 is 4.90 Å². The van der Waals surface area contributed by atoms with Crippen molar-refractivity contribution in [3.05, 3.63) is 64.7 Å². The van der Waals surface area contributed by atoms with E-state index in [0.717, 1.165) is 24.0 Å². The van der Waals surface area contributed by atoms with Gasteiger partial charge in [0.15, 0.2) is 0 Å². The zero-order valence-corrected chi connectivity index (χ0v) is 16.4. The van der Waals surface area contributed by atoms with Crippen molar-refractivity contribution in [1.82, 2.24) is 4.90 Å².